The topological polar surface area (TPSA) is 144 Å². The smallest absolute Gasteiger partial charge is 0.334 e. The molecule has 0 bridgehead atoms. The van der Waals surface area contributed by atoms with Crippen molar-refractivity contribution in [3.05, 3.63) is 77.7 Å². The molecule has 0 spiro atoms. The van der Waals surface area contributed by atoms with Gasteiger partial charge < -0.3 is 30.5 Å². The number of aliphatic carboxylic acids is 2. The number of carbonyl (C=O) groups excluding carboxylic acids is 1. The first-order valence-corrected chi connectivity index (χ1v) is 14.4. The van der Waals surface area contributed by atoms with Crippen LogP contribution in [0.2, 0.25) is 0 Å². The van der Waals surface area contributed by atoms with Gasteiger partial charge in [-0.05, 0) is 63.6 Å². The van der Waals surface area contributed by atoms with Crippen LogP contribution < -0.4 is 20.3 Å². The third kappa shape index (κ3) is 7.81. The number of hydrogen-bond donors (Lipinski definition) is 4. The Morgan fingerprint density at radius 1 is 1.02 bits per heavy atom. The second-order valence-corrected chi connectivity index (χ2v) is 10.6. The van der Waals surface area contributed by atoms with Crippen LogP contribution in [0.15, 0.2) is 77.1 Å². The predicted molar refractivity (Wildman–Crippen MR) is 166 cm³/mol. The van der Waals surface area contributed by atoms with E-state index in [1.54, 1.807) is 44.4 Å². The molecule has 2 aromatic carbocycles. The summed E-state index contributed by atoms with van der Waals surface area (Å²) in [7, 11) is 0. The summed E-state index contributed by atoms with van der Waals surface area (Å²) in [5, 5.41) is 25.3. The van der Waals surface area contributed by atoms with E-state index in [1.165, 1.54) is 0 Å². The van der Waals surface area contributed by atoms with Gasteiger partial charge in [0, 0.05) is 55.7 Å². The molecule has 2 aliphatic rings. The third-order valence-corrected chi connectivity index (χ3v) is 7.70. The average molecular weight is 590 g/mol. The Hall–Kier alpha value is -4.64. The highest BCUT2D eigenvalue weighted by molar-refractivity contribution is 6.06. The Labute approximate surface area is 251 Å². The second-order valence-electron chi connectivity index (χ2n) is 10.6. The molecule has 2 unspecified atom stereocenters. The Morgan fingerprint density at radius 3 is 2.37 bits per heavy atom. The SMILES string of the molecule is CC=COc1ccccc1N1CCN(CCCNC(=O)Nc2ccc(C3C(C(=O)O)=C(C)N=C(C)C3C(=O)O)cc2)CC1. The molecule has 11 nitrogen and oxygen atoms in total. The van der Waals surface area contributed by atoms with Gasteiger partial charge in [-0.3, -0.25) is 14.7 Å². The first kappa shape index (κ1) is 31.3. The van der Waals surface area contributed by atoms with E-state index < -0.39 is 23.8 Å². The third-order valence-electron chi connectivity index (χ3n) is 7.70. The number of benzene rings is 2. The van der Waals surface area contributed by atoms with Gasteiger partial charge in [0.15, 0.2) is 0 Å². The van der Waals surface area contributed by atoms with Crippen molar-refractivity contribution < 1.29 is 29.3 Å². The van der Waals surface area contributed by atoms with Crippen molar-refractivity contribution in [3.8, 4) is 5.75 Å². The van der Waals surface area contributed by atoms with Gasteiger partial charge in [0.05, 0.1) is 17.5 Å². The zero-order valence-corrected chi connectivity index (χ0v) is 24.7. The van der Waals surface area contributed by atoms with E-state index in [0.717, 1.165) is 50.6 Å². The van der Waals surface area contributed by atoms with E-state index >= 15 is 0 Å². The van der Waals surface area contributed by atoms with E-state index in [9.17, 15) is 24.6 Å². The van der Waals surface area contributed by atoms with Crippen LogP contribution in [0.5, 0.6) is 5.75 Å². The number of allylic oxidation sites excluding steroid dienone is 2. The molecule has 0 aromatic heterocycles. The molecule has 4 N–H and O–H groups in total. The molecule has 1 saturated heterocycles. The summed E-state index contributed by atoms with van der Waals surface area (Å²) in [5.41, 5.74) is 2.73. The number of ether oxygens (including phenoxy) is 1. The van der Waals surface area contributed by atoms with Gasteiger partial charge in [-0.1, -0.05) is 30.3 Å². The Kier molecular flexibility index (Phi) is 10.6. The lowest BCUT2D eigenvalue weighted by Crippen LogP contribution is -2.47. The van der Waals surface area contributed by atoms with Gasteiger partial charge in [0.25, 0.3) is 0 Å². The first-order valence-electron chi connectivity index (χ1n) is 14.4. The van der Waals surface area contributed by atoms with Crippen molar-refractivity contribution in [2.45, 2.75) is 33.1 Å². The molecule has 11 heteroatoms. The lowest BCUT2D eigenvalue weighted by atomic mass is 9.75. The van der Waals surface area contributed by atoms with Crippen molar-refractivity contribution in [1.82, 2.24) is 10.2 Å². The number of rotatable bonds is 11. The molecule has 2 aliphatic heterocycles. The van der Waals surface area contributed by atoms with E-state index in [2.05, 4.69) is 31.5 Å². The number of nitrogens with zero attached hydrogens (tertiary/aromatic N) is 3. The number of carbonyl (C=O) groups is 3. The number of urea groups is 1. The lowest BCUT2D eigenvalue weighted by Gasteiger charge is -2.36. The average Bonchev–Trinajstić information content (AvgIpc) is 2.98. The molecule has 1 fully saturated rings. The molecule has 2 atom stereocenters. The van der Waals surface area contributed by atoms with Crippen LogP contribution in [0, 0.1) is 5.92 Å². The van der Waals surface area contributed by atoms with Gasteiger partial charge in [0.1, 0.15) is 11.7 Å². The summed E-state index contributed by atoms with van der Waals surface area (Å²) in [6.45, 7) is 10.1. The maximum atomic E-state index is 12.5. The van der Waals surface area contributed by atoms with Crippen LogP contribution in [-0.2, 0) is 9.59 Å². The highest BCUT2D eigenvalue weighted by Crippen LogP contribution is 2.39. The molecule has 228 valence electrons. The summed E-state index contributed by atoms with van der Waals surface area (Å²) >= 11 is 0. The molecule has 0 aliphatic carbocycles. The molecule has 4 rings (SSSR count). The van der Waals surface area contributed by atoms with Crippen LogP contribution in [0.1, 0.15) is 38.7 Å². The number of aliphatic imine (C=N–C) groups is 1. The standard InChI is InChI=1S/C32H39N5O6/c1-4-20-43-26-9-6-5-8-25(26)37-18-16-36(17-19-37)15-7-14-33-32(42)35-24-12-10-23(11-13-24)29-27(30(38)39)21(2)34-22(3)28(29)31(40)41/h4-6,8-13,20,27,29H,7,14-19H2,1-3H3,(H,38,39)(H,40,41)(H2,33,35,42). The zero-order valence-electron chi connectivity index (χ0n) is 24.7. The van der Waals surface area contributed by atoms with Crippen molar-refractivity contribution in [2.75, 3.05) is 49.5 Å². The first-order chi connectivity index (χ1) is 20.7. The minimum atomic E-state index is -1.20. The summed E-state index contributed by atoms with van der Waals surface area (Å²) in [4.78, 5) is 45.4. The maximum Gasteiger partial charge on any atom is 0.334 e. The number of carboxylic acids is 2. The minimum absolute atomic E-state index is 0.0407. The van der Waals surface area contributed by atoms with E-state index in [-0.39, 0.29) is 17.3 Å². The van der Waals surface area contributed by atoms with Crippen molar-refractivity contribution in [3.63, 3.8) is 0 Å². The molecule has 2 amide bonds. The molecular weight excluding hydrogens is 550 g/mol. The number of piperazine rings is 1. The second kappa shape index (κ2) is 14.5. The summed E-state index contributed by atoms with van der Waals surface area (Å²) < 4.78 is 5.75. The van der Waals surface area contributed by atoms with Crippen LogP contribution in [-0.4, -0.2) is 78.1 Å². The fourth-order valence-corrected chi connectivity index (χ4v) is 5.62. The van der Waals surface area contributed by atoms with E-state index in [0.29, 0.717) is 23.5 Å². The van der Waals surface area contributed by atoms with Crippen LogP contribution >= 0.6 is 0 Å². The normalized spacial score (nSPS) is 19.2. The van der Waals surface area contributed by atoms with Gasteiger partial charge >= 0.3 is 18.0 Å². The Morgan fingerprint density at radius 2 is 1.72 bits per heavy atom. The lowest BCUT2D eigenvalue weighted by molar-refractivity contribution is -0.140. The maximum absolute atomic E-state index is 12.5. The number of para-hydroxylation sites is 2. The summed E-state index contributed by atoms with van der Waals surface area (Å²) in [6, 6.07) is 14.3. The van der Waals surface area contributed by atoms with E-state index in [4.69, 9.17) is 4.74 Å². The Balaban J connectivity index is 1.23. The van der Waals surface area contributed by atoms with Gasteiger partial charge in [-0.2, -0.15) is 0 Å². The number of amides is 2. The number of nitrogens with one attached hydrogen (secondary N) is 2. The van der Waals surface area contributed by atoms with Crippen LogP contribution in [0.4, 0.5) is 16.2 Å². The molecular formula is C32H39N5O6. The number of carboxylic acid groups (broad SMARTS) is 2. The van der Waals surface area contributed by atoms with Crippen LogP contribution in [0.25, 0.3) is 0 Å². The summed E-state index contributed by atoms with van der Waals surface area (Å²) in [5.74, 6) is -3.47. The number of hydrogen-bond acceptors (Lipinski definition) is 7. The molecule has 2 heterocycles. The summed E-state index contributed by atoms with van der Waals surface area (Å²) in [6.07, 6.45) is 4.35. The molecule has 2 aromatic rings. The highest BCUT2D eigenvalue weighted by Gasteiger charge is 2.41. The van der Waals surface area contributed by atoms with Crippen molar-refractivity contribution in [2.24, 2.45) is 10.9 Å². The van der Waals surface area contributed by atoms with Crippen LogP contribution in [0.3, 0.4) is 0 Å². The van der Waals surface area contributed by atoms with Gasteiger partial charge in [-0.25, -0.2) is 9.59 Å². The monoisotopic (exact) mass is 589 g/mol. The Bertz CT molecular complexity index is 1410. The highest BCUT2D eigenvalue weighted by atomic mass is 16.5. The van der Waals surface area contributed by atoms with Gasteiger partial charge in [0.2, 0.25) is 0 Å². The molecule has 0 radical (unpaired) electrons. The number of anilines is 2. The molecule has 0 saturated carbocycles. The largest absolute Gasteiger partial charge is 0.481 e. The van der Waals surface area contributed by atoms with Gasteiger partial charge in [-0.15, -0.1) is 0 Å². The fourth-order valence-electron chi connectivity index (χ4n) is 5.62. The quantitative estimate of drug-likeness (QED) is 0.221. The van der Waals surface area contributed by atoms with Crippen molar-refractivity contribution >= 4 is 35.1 Å². The minimum Gasteiger partial charge on any atom is -0.481 e. The fraction of sp³-hybridized carbons (Fsp3) is 0.375. The van der Waals surface area contributed by atoms with Crippen molar-refractivity contribution in [1.29, 1.82) is 0 Å². The molecule has 43 heavy (non-hydrogen) atoms. The predicted octanol–water partition coefficient (Wildman–Crippen LogP) is 4.55. The van der Waals surface area contributed by atoms with E-state index in [1.807, 2.05) is 31.2 Å². The zero-order chi connectivity index (χ0) is 30.9.